The monoisotopic (exact) mass is 391 g/mol. The van der Waals surface area contributed by atoms with Crippen molar-refractivity contribution in [3.8, 4) is 5.75 Å². The van der Waals surface area contributed by atoms with E-state index in [1.807, 2.05) is 19.1 Å². The maximum absolute atomic E-state index is 12.3. The van der Waals surface area contributed by atoms with Gasteiger partial charge in [-0.25, -0.2) is 4.79 Å². The van der Waals surface area contributed by atoms with Crippen molar-refractivity contribution in [3.63, 3.8) is 0 Å². The first-order valence-electron chi connectivity index (χ1n) is 7.32. The molecule has 0 spiro atoms. The van der Waals surface area contributed by atoms with Gasteiger partial charge in [0.25, 0.3) is 5.91 Å². The number of methoxy groups -OCH3 is 1. The average molecular weight is 392 g/mol. The highest BCUT2D eigenvalue weighted by Crippen LogP contribution is 2.20. The van der Waals surface area contributed by atoms with Crippen LogP contribution in [0.4, 0.5) is 5.69 Å². The lowest BCUT2D eigenvalue weighted by atomic mass is 10.1. The summed E-state index contributed by atoms with van der Waals surface area (Å²) in [5.74, 6) is -0.159. The summed E-state index contributed by atoms with van der Waals surface area (Å²) < 4.78 is 11.2. The smallest absolute Gasteiger partial charge is 0.337 e. The molecule has 0 radical (unpaired) electrons. The second-order valence-electron chi connectivity index (χ2n) is 5.22. The Morgan fingerprint density at radius 1 is 1.12 bits per heavy atom. The highest BCUT2D eigenvalue weighted by atomic mass is 79.9. The number of benzene rings is 2. The quantitative estimate of drug-likeness (QED) is 0.783. The number of hydrogen-bond acceptors (Lipinski definition) is 4. The summed E-state index contributed by atoms with van der Waals surface area (Å²) in [6, 6.07) is 12.2. The molecule has 2 aromatic rings. The molecule has 0 bridgehead atoms. The van der Waals surface area contributed by atoms with Crippen LogP contribution < -0.4 is 10.1 Å². The minimum Gasteiger partial charge on any atom is -0.481 e. The van der Waals surface area contributed by atoms with E-state index in [9.17, 15) is 9.59 Å². The number of nitrogens with one attached hydrogen (secondary N) is 1. The molecule has 1 N–H and O–H groups in total. The van der Waals surface area contributed by atoms with Gasteiger partial charge in [0, 0.05) is 10.2 Å². The second kappa shape index (κ2) is 7.97. The number of carbonyl (C=O) groups excluding carboxylic acids is 2. The molecule has 0 aliphatic heterocycles. The highest BCUT2D eigenvalue weighted by molar-refractivity contribution is 9.10. The molecule has 0 aliphatic carbocycles. The molecule has 0 saturated heterocycles. The van der Waals surface area contributed by atoms with Crippen LogP contribution >= 0.6 is 15.9 Å². The van der Waals surface area contributed by atoms with Gasteiger partial charge in [-0.2, -0.15) is 0 Å². The van der Waals surface area contributed by atoms with Gasteiger partial charge in [-0.05, 0) is 55.8 Å². The van der Waals surface area contributed by atoms with Crippen LogP contribution in [0.2, 0.25) is 0 Å². The van der Waals surface area contributed by atoms with Crippen LogP contribution in [0.15, 0.2) is 46.9 Å². The molecular formula is C18H18BrNO4. The molecule has 1 atom stereocenters. The van der Waals surface area contributed by atoms with Gasteiger partial charge < -0.3 is 14.8 Å². The van der Waals surface area contributed by atoms with Gasteiger partial charge in [-0.3, -0.25) is 4.79 Å². The predicted molar refractivity (Wildman–Crippen MR) is 95.4 cm³/mol. The fourth-order valence-electron chi connectivity index (χ4n) is 2.01. The Bertz CT molecular complexity index is 743. The molecule has 126 valence electrons. The van der Waals surface area contributed by atoms with Crippen molar-refractivity contribution < 1.29 is 19.1 Å². The van der Waals surface area contributed by atoms with E-state index >= 15 is 0 Å². The van der Waals surface area contributed by atoms with Crippen LogP contribution in [0.3, 0.4) is 0 Å². The summed E-state index contributed by atoms with van der Waals surface area (Å²) in [5.41, 5.74) is 1.76. The van der Waals surface area contributed by atoms with Gasteiger partial charge in [0.05, 0.1) is 12.7 Å². The number of aryl methyl sites for hydroxylation is 1. The third-order valence-electron chi connectivity index (χ3n) is 3.41. The lowest BCUT2D eigenvalue weighted by Gasteiger charge is -2.16. The van der Waals surface area contributed by atoms with Crippen molar-refractivity contribution in [2.45, 2.75) is 20.0 Å². The Hall–Kier alpha value is -2.34. The topological polar surface area (TPSA) is 64.6 Å². The van der Waals surface area contributed by atoms with E-state index in [1.54, 1.807) is 37.3 Å². The maximum Gasteiger partial charge on any atom is 0.337 e. The molecule has 6 heteroatoms. The summed E-state index contributed by atoms with van der Waals surface area (Å²) >= 11 is 3.34. The van der Waals surface area contributed by atoms with Crippen LogP contribution in [0, 0.1) is 6.92 Å². The van der Waals surface area contributed by atoms with Crippen LogP contribution in [-0.2, 0) is 9.53 Å². The number of esters is 1. The molecule has 2 aromatic carbocycles. The molecule has 24 heavy (non-hydrogen) atoms. The van der Waals surface area contributed by atoms with E-state index in [0.29, 0.717) is 17.0 Å². The molecule has 0 aliphatic rings. The van der Waals surface area contributed by atoms with E-state index in [-0.39, 0.29) is 5.91 Å². The fourth-order valence-corrected chi connectivity index (χ4v) is 2.27. The molecule has 2 rings (SSSR count). The van der Waals surface area contributed by atoms with E-state index in [2.05, 4.69) is 21.2 Å². The Morgan fingerprint density at radius 3 is 2.42 bits per heavy atom. The lowest BCUT2D eigenvalue weighted by Crippen LogP contribution is -2.30. The number of amides is 1. The molecule has 0 heterocycles. The largest absolute Gasteiger partial charge is 0.481 e. The minimum absolute atomic E-state index is 0.303. The Balaban J connectivity index is 2.08. The molecule has 5 nitrogen and oxygen atoms in total. The van der Waals surface area contributed by atoms with E-state index in [4.69, 9.17) is 9.47 Å². The summed E-state index contributed by atoms with van der Waals surface area (Å²) in [6.45, 7) is 3.51. The van der Waals surface area contributed by atoms with Crippen LogP contribution in [0.5, 0.6) is 5.75 Å². The number of carbonyl (C=O) groups is 2. The van der Waals surface area contributed by atoms with Crippen molar-refractivity contribution in [2.24, 2.45) is 0 Å². The zero-order valence-electron chi connectivity index (χ0n) is 13.6. The van der Waals surface area contributed by atoms with Gasteiger partial charge in [-0.15, -0.1) is 0 Å². The highest BCUT2D eigenvalue weighted by Gasteiger charge is 2.17. The zero-order chi connectivity index (χ0) is 17.7. The number of ether oxygens (including phenoxy) is 2. The summed E-state index contributed by atoms with van der Waals surface area (Å²) in [5, 5.41) is 2.78. The fraction of sp³-hybridized carbons (Fsp3) is 0.222. The van der Waals surface area contributed by atoms with Gasteiger partial charge in [0.1, 0.15) is 5.75 Å². The van der Waals surface area contributed by atoms with Crippen LogP contribution in [0.25, 0.3) is 0 Å². The van der Waals surface area contributed by atoms with Gasteiger partial charge >= 0.3 is 5.97 Å². The van der Waals surface area contributed by atoms with E-state index in [1.165, 1.54) is 7.11 Å². The van der Waals surface area contributed by atoms with E-state index in [0.717, 1.165) is 10.0 Å². The third-order valence-corrected chi connectivity index (χ3v) is 3.94. The van der Waals surface area contributed by atoms with Crippen molar-refractivity contribution in [3.05, 3.63) is 58.1 Å². The van der Waals surface area contributed by atoms with Gasteiger partial charge in [-0.1, -0.05) is 22.0 Å². The molecular weight excluding hydrogens is 374 g/mol. The van der Waals surface area contributed by atoms with Crippen molar-refractivity contribution in [2.75, 3.05) is 12.4 Å². The Kier molecular flexibility index (Phi) is 5.98. The standard InChI is InChI=1S/C18H18BrNO4/c1-11-4-5-13(18(22)23-3)10-16(11)20-17(21)12(2)24-15-8-6-14(19)7-9-15/h4-10,12H,1-3H3,(H,20,21)/t12-/m1/s1. The van der Waals surface area contributed by atoms with Crippen molar-refractivity contribution in [1.29, 1.82) is 0 Å². The Labute approximate surface area is 149 Å². The number of rotatable bonds is 5. The third kappa shape index (κ3) is 4.58. The first-order valence-corrected chi connectivity index (χ1v) is 8.12. The molecule has 0 fully saturated rings. The summed E-state index contributed by atoms with van der Waals surface area (Å²) in [4.78, 5) is 23.9. The maximum atomic E-state index is 12.3. The summed E-state index contributed by atoms with van der Waals surface area (Å²) in [6.07, 6.45) is -0.688. The van der Waals surface area contributed by atoms with Crippen LogP contribution in [0.1, 0.15) is 22.8 Å². The first kappa shape index (κ1) is 18.0. The zero-order valence-corrected chi connectivity index (χ0v) is 15.2. The Morgan fingerprint density at radius 2 is 1.79 bits per heavy atom. The second-order valence-corrected chi connectivity index (χ2v) is 6.14. The van der Waals surface area contributed by atoms with Gasteiger partial charge in [0.2, 0.25) is 0 Å². The molecule has 1 amide bonds. The molecule has 0 unspecified atom stereocenters. The number of anilines is 1. The SMILES string of the molecule is COC(=O)c1ccc(C)c(NC(=O)[C@@H](C)Oc2ccc(Br)cc2)c1. The van der Waals surface area contributed by atoms with Crippen molar-refractivity contribution >= 4 is 33.5 Å². The van der Waals surface area contributed by atoms with Gasteiger partial charge in [0.15, 0.2) is 6.10 Å². The molecule has 0 saturated carbocycles. The predicted octanol–water partition coefficient (Wildman–Crippen LogP) is 3.95. The van der Waals surface area contributed by atoms with Crippen molar-refractivity contribution in [1.82, 2.24) is 0 Å². The summed E-state index contributed by atoms with van der Waals surface area (Å²) in [7, 11) is 1.31. The van der Waals surface area contributed by atoms with Crippen LogP contribution in [-0.4, -0.2) is 25.1 Å². The normalized spacial score (nSPS) is 11.5. The minimum atomic E-state index is -0.688. The number of hydrogen-bond donors (Lipinski definition) is 1. The molecule has 0 aromatic heterocycles. The van der Waals surface area contributed by atoms with E-state index < -0.39 is 12.1 Å². The first-order chi connectivity index (χ1) is 11.4. The lowest BCUT2D eigenvalue weighted by molar-refractivity contribution is -0.122. The number of halogens is 1. The average Bonchev–Trinajstić information content (AvgIpc) is 2.58.